The summed E-state index contributed by atoms with van der Waals surface area (Å²) in [5, 5.41) is 0. The van der Waals surface area contributed by atoms with E-state index in [1.807, 2.05) is 18.7 Å². The van der Waals surface area contributed by atoms with Crippen LogP contribution >= 0.6 is 24.0 Å². The number of rotatable bonds is 3. The SMILES string of the molecule is COC(C)Cc1nc(=S)c2c([nH]1)CSC2. The Labute approximate surface area is 98.6 Å². The first-order chi connectivity index (χ1) is 7.20. The van der Waals surface area contributed by atoms with Crippen molar-refractivity contribution in [3.05, 3.63) is 21.7 Å². The van der Waals surface area contributed by atoms with E-state index in [9.17, 15) is 0 Å². The maximum absolute atomic E-state index is 5.27. The Kier molecular flexibility index (Phi) is 3.43. The molecule has 1 aromatic rings. The Morgan fingerprint density at radius 1 is 1.60 bits per heavy atom. The lowest BCUT2D eigenvalue weighted by atomic mass is 10.2. The minimum atomic E-state index is 0.176. The minimum absolute atomic E-state index is 0.176. The average Bonchev–Trinajstić information content (AvgIpc) is 2.66. The van der Waals surface area contributed by atoms with Crippen LogP contribution in [0.2, 0.25) is 0 Å². The van der Waals surface area contributed by atoms with Crippen LogP contribution in [0.15, 0.2) is 0 Å². The molecule has 0 saturated heterocycles. The number of thioether (sulfide) groups is 1. The number of aromatic amines is 1. The van der Waals surface area contributed by atoms with Crippen molar-refractivity contribution >= 4 is 24.0 Å². The fraction of sp³-hybridized carbons (Fsp3) is 0.600. The van der Waals surface area contributed by atoms with E-state index in [0.717, 1.165) is 28.4 Å². The number of hydrogen-bond donors (Lipinski definition) is 1. The molecule has 0 fully saturated rings. The van der Waals surface area contributed by atoms with Gasteiger partial charge in [-0.05, 0) is 6.92 Å². The topological polar surface area (TPSA) is 37.9 Å². The van der Waals surface area contributed by atoms with Crippen molar-refractivity contribution in [3.63, 3.8) is 0 Å². The van der Waals surface area contributed by atoms with E-state index in [1.165, 1.54) is 11.3 Å². The van der Waals surface area contributed by atoms with Gasteiger partial charge in [0.1, 0.15) is 10.5 Å². The van der Waals surface area contributed by atoms with Crippen LogP contribution in [0.1, 0.15) is 24.0 Å². The van der Waals surface area contributed by atoms with Crippen molar-refractivity contribution in [1.82, 2.24) is 9.97 Å². The van der Waals surface area contributed by atoms with E-state index < -0.39 is 0 Å². The predicted molar refractivity (Wildman–Crippen MR) is 64.6 cm³/mol. The molecule has 1 aromatic heterocycles. The first-order valence-electron chi connectivity index (χ1n) is 4.92. The average molecular weight is 242 g/mol. The first-order valence-corrected chi connectivity index (χ1v) is 6.48. The number of ether oxygens (including phenoxy) is 1. The van der Waals surface area contributed by atoms with E-state index in [0.29, 0.717) is 0 Å². The molecule has 1 unspecified atom stereocenters. The Balaban J connectivity index is 2.28. The van der Waals surface area contributed by atoms with Crippen molar-refractivity contribution < 1.29 is 4.74 Å². The van der Waals surface area contributed by atoms with Gasteiger partial charge < -0.3 is 9.72 Å². The van der Waals surface area contributed by atoms with Gasteiger partial charge in [-0.2, -0.15) is 11.8 Å². The van der Waals surface area contributed by atoms with Crippen LogP contribution in [-0.4, -0.2) is 23.2 Å². The molecular weight excluding hydrogens is 228 g/mol. The molecule has 82 valence electrons. The zero-order valence-electron chi connectivity index (χ0n) is 8.87. The Hall–Kier alpha value is -0.390. The van der Waals surface area contributed by atoms with Gasteiger partial charge in [0.05, 0.1) is 6.10 Å². The number of nitrogens with zero attached hydrogens (tertiary/aromatic N) is 1. The summed E-state index contributed by atoms with van der Waals surface area (Å²) in [6.45, 7) is 2.03. The van der Waals surface area contributed by atoms with Crippen molar-refractivity contribution in [3.8, 4) is 0 Å². The van der Waals surface area contributed by atoms with Gasteiger partial charge in [0.15, 0.2) is 0 Å². The standard InChI is InChI=1S/C10H14N2OS2/c1-6(13-2)3-9-11-8-5-15-4-7(8)10(14)12-9/h6H,3-5H2,1-2H3,(H,11,12,14). The summed E-state index contributed by atoms with van der Waals surface area (Å²) in [6.07, 6.45) is 0.966. The molecular formula is C10H14N2OS2. The van der Waals surface area contributed by atoms with Crippen LogP contribution in [0.5, 0.6) is 0 Å². The first kappa shape index (κ1) is 11.1. The molecule has 0 radical (unpaired) electrons. The molecule has 0 aromatic carbocycles. The second-order valence-electron chi connectivity index (χ2n) is 3.69. The molecule has 0 aliphatic carbocycles. The highest BCUT2D eigenvalue weighted by Gasteiger charge is 2.15. The predicted octanol–water partition coefficient (Wildman–Crippen LogP) is 2.46. The lowest BCUT2D eigenvalue weighted by molar-refractivity contribution is 0.117. The number of H-pyrrole nitrogens is 1. The molecule has 3 nitrogen and oxygen atoms in total. The summed E-state index contributed by atoms with van der Waals surface area (Å²) >= 11 is 7.15. The van der Waals surface area contributed by atoms with Gasteiger partial charge in [-0.1, -0.05) is 12.2 Å². The second-order valence-corrected chi connectivity index (χ2v) is 5.06. The van der Waals surface area contributed by atoms with Crippen LogP contribution < -0.4 is 0 Å². The maximum Gasteiger partial charge on any atom is 0.134 e. The highest BCUT2D eigenvalue weighted by atomic mass is 32.2. The van der Waals surface area contributed by atoms with E-state index in [4.69, 9.17) is 17.0 Å². The van der Waals surface area contributed by atoms with Crippen LogP contribution in [0, 0.1) is 4.64 Å². The van der Waals surface area contributed by atoms with Gasteiger partial charge in [0, 0.05) is 36.3 Å². The van der Waals surface area contributed by atoms with Crippen molar-refractivity contribution in [2.45, 2.75) is 31.0 Å². The Morgan fingerprint density at radius 3 is 3.13 bits per heavy atom. The maximum atomic E-state index is 5.27. The molecule has 15 heavy (non-hydrogen) atoms. The summed E-state index contributed by atoms with van der Waals surface area (Å²) < 4.78 is 5.97. The highest BCUT2D eigenvalue weighted by Crippen LogP contribution is 2.28. The number of fused-ring (bicyclic) bond motifs is 1. The second kappa shape index (κ2) is 4.63. The summed E-state index contributed by atoms with van der Waals surface area (Å²) in [7, 11) is 1.71. The minimum Gasteiger partial charge on any atom is -0.381 e. The highest BCUT2D eigenvalue weighted by molar-refractivity contribution is 7.98. The zero-order valence-corrected chi connectivity index (χ0v) is 10.5. The lowest BCUT2D eigenvalue weighted by Gasteiger charge is -2.09. The van der Waals surface area contributed by atoms with E-state index in [2.05, 4.69) is 9.97 Å². The molecule has 0 spiro atoms. The number of nitrogens with one attached hydrogen (secondary N) is 1. The molecule has 1 aliphatic heterocycles. The molecule has 5 heteroatoms. The third kappa shape index (κ3) is 2.41. The lowest BCUT2D eigenvalue weighted by Crippen LogP contribution is -2.12. The molecule has 0 amide bonds. The number of aromatic nitrogens is 2. The largest absolute Gasteiger partial charge is 0.381 e. The van der Waals surface area contributed by atoms with E-state index >= 15 is 0 Å². The van der Waals surface area contributed by atoms with Gasteiger partial charge in [-0.3, -0.25) is 0 Å². The molecule has 0 bridgehead atoms. The van der Waals surface area contributed by atoms with Crippen molar-refractivity contribution in [1.29, 1.82) is 0 Å². The van der Waals surface area contributed by atoms with Gasteiger partial charge in [0.25, 0.3) is 0 Å². The van der Waals surface area contributed by atoms with Crippen molar-refractivity contribution in [2.75, 3.05) is 7.11 Å². The summed E-state index contributed by atoms with van der Waals surface area (Å²) in [4.78, 5) is 7.75. The molecule has 2 rings (SSSR count). The van der Waals surface area contributed by atoms with Crippen LogP contribution in [-0.2, 0) is 22.7 Å². The third-order valence-corrected chi connectivity index (χ3v) is 3.85. The van der Waals surface area contributed by atoms with Gasteiger partial charge in [-0.15, -0.1) is 0 Å². The number of methoxy groups -OCH3 is 1. The molecule has 1 N–H and O–H groups in total. The Morgan fingerprint density at radius 2 is 2.40 bits per heavy atom. The summed E-state index contributed by atoms with van der Waals surface area (Å²) in [5.74, 6) is 2.96. The van der Waals surface area contributed by atoms with Gasteiger partial charge in [-0.25, -0.2) is 4.98 Å². The van der Waals surface area contributed by atoms with E-state index in [-0.39, 0.29) is 6.10 Å². The van der Waals surface area contributed by atoms with Gasteiger partial charge >= 0.3 is 0 Å². The zero-order chi connectivity index (χ0) is 10.8. The summed E-state index contributed by atoms with van der Waals surface area (Å²) in [6, 6.07) is 0. The monoisotopic (exact) mass is 242 g/mol. The van der Waals surface area contributed by atoms with Gasteiger partial charge in [0.2, 0.25) is 0 Å². The molecule has 0 saturated carbocycles. The Bertz CT molecular complexity index is 416. The van der Waals surface area contributed by atoms with Crippen LogP contribution in [0.3, 0.4) is 0 Å². The van der Waals surface area contributed by atoms with Crippen LogP contribution in [0.25, 0.3) is 0 Å². The normalized spacial score (nSPS) is 16.4. The third-order valence-electron chi connectivity index (χ3n) is 2.53. The molecule has 1 aliphatic rings. The van der Waals surface area contributed by atoms with Crippen LogP contribution in [0.4, 0.5) is 0 Å². The van der Waals surface area contributed by atoms with Crippen molar-refractivity contribution in [2.24, 2.45) is 0 Å². The quantitative estimate of drug-likeness (QED) is 0.826. The van der Waals surface area contributed by atoms with E-state index in [1.54, 1.807) is 7.11 Å². The fourth-order valence-electron chi connectivity index (χ4n) is 1.58. The smallest absolute Gasteiger partial charge is 0.134 e. The summed E-state index contributed by atoms with van der Waals surface area (Å²) in [5.41, 5.74) is 2.46. The molecule has 1 atom stereocenters. The molecule has 2 heterocycles. The fourth-order valence-corrected chi connectivity index (χ4v) is 3.04. The number of hydrogen-bond acceptors (Lipinski definition) is 4.